The zero-order chi connectivity index (χ0) is 14.6. The van der Waals surface area contributed by atoms with Crippen molar-refractivity contribution in [2.75, 3.05) is 40.8 Å². The standard InChI is InChI=1S/C17H34N2O/c1-5-17(18(2)3)10-12-19(13-11-17)14-15-6-8-16(20-4)9-7-15/h15-16H,5-14H2,1-4H3. The molecule has 2 fully saturated rings. The van der Waals surface area contributed by atoms with E-state index < -0.39 is 0 Å². The Hall–Kier alpha value is -0.120. The molecule has 1 aliphatic heterocycles. The van der Waals surface area contributed by atoms with Gasteiger partial charge in [-0.1, -0.05) is 6.92 Å². The van der Waals surface area contributed by atoms with Crippen LogP contribution in [0.2, 0.25) is 0 Å². The van der Waals surface area contributed by atoms with Crippen LogP contribution < -0.4 is 0 Å². The van der Waals surface area contributed by atoms with Gasteiger partial charge in [0, 0.05) is 19.2 Å². The Labute approximate surface area is 125 Å². The summed E-state index contributed by atoms with van der Waals surface area (Å²) in [6.45, 7) is 6.25. The maximum absolute atomic E-state index is 5.48. The summed E-state index contributed by atoms with van der Waals surface area (Å²) in [7, 11) is 6.37. The molecule has 0 amide bonds. The monoisotopic (exact) mass is 282 g/mol. The molecule has 1 saturated heterocycles. The highest BCUT2D eigenvalue weighted by Crippen LogP contribution is 2.32. The summed E-state index contributed by atoms with van der Waals surface area (Å²) in [6, 6.07) is 0. The minimum Gasteiger partial charge on any atom is -0.381 e. The number of nitrogens with zero attached hydrogens (tertiary/aromatic N) is 2. The van der Waals surface area contributed by atoms with E-state index in [4.69, 9.17) is 4.74 Å². The van der Waals surface area contributed by atoms with E-state index in [0.29, 0.717) is 11.6 Å². The van der Waals surface area contributed by atoms with Gasteiger partial charge in [-0.3, -0.25) is 0 Å². The number of hydrogen-bond donors (Lipinski definition) is 0. The molecule has 0 atom stereocenters. The van der Waals surface area contributed by atoms with Gasteiger partial charge in [-0.05, 0) is 78.0 Å². The van der Waals surface area contributed by atoms with Crippen LogP contribution in [0.4, 0.5) is 0 Å². The smallest absolute Gasteiger partial charge is 0.0571 e. The highest BCUT2D eigenvalue weighted by Gasteiger charge is 2.35. The van der Waals surface area contributed by atoms with Crippen LogP contribution in [0.15, 0.2) is 0 Å². The normalized spacial score (nSPS) is 31.6. The van der Waals surface area contributed by atoms with Gasteiger partial charge in [0.1, 0.15) is 0 Å². The van der Waals surface area contributed by atoms with Gasteiger partial charge in [0.05, 0.1) is 6.10 Å². The summed E-state index contributed by atoms with van der Waals surface area (Å²) >= 11 is 0. The summed E-state index contributed by atoms with van der Waals surface area (Å²) in [4.78, 5) is 5.18. The second-order valence-corrected chi connectivity index (χ2v) is 7.15. The number of ether oxygens (including phenoxy) is 1. The van der Waals surface area contributed by atoms with Gasteiger partial charge in [-0.2, -0.15) is 0 Å². The third-order valence-electron chi connectivity index (χ3n) is 6.04. The molecule has 0 aromatic heterocycles. The molecular formula is C17H34N2O. The van der Waals surface area contributed by atoms with Gasteiger partial charge in [0.15, 0.2) is 0 Å². The summed E-state index contributed by atoms with van der Waals surface area (Å²) < 4.78 is 5.48. The Balaban J connectivity index is 1.75. The van der Waals surface area contributed by atoms with Crippen LogP contribution in [0.5, 0.6) is 0 Å². The molecule has 2 aliphatic rings. The Morgan fingerprint density at radius 1 is 1.10 bits per heavy atom. The molecule has 1 saturated carbocycles. The highest BCUT2D eigenvalue weighted by atomic mass is 16.5. The van der Waals surface area contributed by atoms with Gasteiger partial charge in [0.2, 0.25) is 0 Å². The van der Waals surface area contributed by atoms with E-state index in [2.05, 4.69) is 30.8 Å². The predicted octanol–water partition coefficient (Wildman–Crippen LogP) is 3.00. The zero-order valence-electron chi connectivity index (χ0n) is 14.0. The molecule has 2 rings (SSSR count). The second-order valence-electron chi connectivity index (χ2n) is 7.15. The molecule has 0 aromatic carbocycles. The molecule has 1 heterocycles. The number of methoxy groups -OCH3 is 1. The summed E-state index contributed by atoms with van der Waals surface area (Å²) in [5, 5.41) is 0. The summed E-state index contributed by atoms with van der Waals surface area (Å²) in [6.07, 6.45) is 9.76. The topological polar surface area (TPSA) is 15.7 Å². The fraction of sp³-hybridized carbons (Fsp3) is 1.00. The maximum Gasteiger partial charge on any atom is 0.0571 e. The van der Waals surface area contributed by atoms with E-state index in [9.17, 15) is 0 Å². The molecule has 0 spiro atoms. The maximum atomic E-state index is 5.48. The van der Waals surface area contributed by atoms with E-state index >= 15 is 0 Å². The molecule has 0 bridgehead atoms. The van der Waals surface area contributed by atoms with Crippen LogP contribution in [-0.4, -0.2) is 62.3 Å². The van der Waals surface area contributed by atoms with Crippen molar-refractivity contribution >= 4 is 0 Å². The van der Waals surface area contributed by atoms with Gasteiger partial charge in [-0.25, -0.2) is 0 Å². The summed E-state index contributed by atoms with van der Waals surface area (Å²) in [5.41, 5.74) is 0.463. The Kier molecular flexibility index (Phi) is 5.88. The van der Waals surface area contributed by atoms with E-state index in [1.165, 1.54) is 64.6 Å². The minimum atomic E-state index is 0.463. The van der Waals surface area contributed by atoms with Crippen molar-refractivity contribution in [2.45, 2.75) is 63.5 Å². The lowest BCUT2D eigenvalue weighted by Gasteiger charge is -2.46. The largest absolute Gasteiger partial charge is 0.381 e. The average molecular weight is 282 g/mol. The van der Waals surface area contributed by atoms with E-state index in [1.54, 1.807) is 0 Å². The number of likely N-dealkylation sites (tertiary alicyclic amines) is 1. The second kappa shape index (κ2) is 7.24. The van der Waals surface area contributed by atoms with Crippen LogP contribution in [0.3, 0.4) is 0 Å². The van der Waals surface area contributed by atoms with Gasteiger partial charge < -0.3 is 14.5 Å². The first kappa shape index (κ1) is 16.3. The fourth-order valence-corrected chi connectivity index (χ4v) is 4.18. The van der Waals surface area contributed by atoms with Crippen LogP contribution in [0, 0.1) is 5.92 Å². The number of hydrogen-bond acceptors (Lipinski definition) is 3. The third-order valence-corrected chi connectivity index (χ3v) is 6.04. The quantitative estimate of drug-likeness (QED) is 0.771. The van der Waals surface area contributed by atoms with Crippen molar-refractivity contribution in [3.8, 4) is 0 Å². The Morgan fingerprint density at radius 2 is 1.70 bits per heavy atom. The van der Waals surface area contributed by atoms with Crippen molar-refractivity contribution in [2.24, 2.45) is 5.92 Å². The Bertz CT molecular complexity index is 277. The SMILES string of the molecule is CCC1(N(C)C)CCN(CC2CCC(OC)CC2)CC1. The van der Waals surface area contributed by atoms with Crippen molar-refractivity contribution < 1.29 is 4.74 Å². The molecule has 0 unspecified atom stereocenters. The van der Waals surface area contributed by atoms with E-state index in [-0.39, 0.29) is 0 Å². The van der Waals surface area contributed by atoms with Crippen molar-refractivity contribution in [1.82, 2.24) is 9.80 Å². The third kappa shape index (κ3) is 3.75. The van der Waals surface area contributed by atoms with Gasteiger partial charge in [-0.15, -0.1) is 0 Å². The lowest BCUT2D eigenvalue weighted by atomic mass is 9.82. The zero-order valence-corrected chi connectivity index (χ0v) is 14.0. The first-order valence-corrected chi connectivity index (χ1v) is 8.52. The van der Waals surface area contributed by atoms with Crippen molar-refractivity contribution in [1.29, 1.82) is 0 Å². The molecule has 20 heavy (non-hydrogen) atoms. The molecule has 118 valence electrons. The molecule has 0 N–H and O–H groups in total. The van der Waals surface area contributed by atoms with Crippen LogP contribution >= 0.6 is 0 Å². The van der Waals surface area contributed by atoms with Gasteiger partial charge >= 0.3 is 0 Å². The lowest BCUT2D eigenvalue weighted by molar-refractivity contribution is 0.0273. The van der Waals surface area contributed by atoms with Gasteiger partial charge in [0.25, 0.3) is 0 Å². The molecule has 1 aliphatic carbocycles. The fourth-order valence-electron chi connectivity index (χ4n) is 4.18. The Morgan fingerprint density at radius 3 is 2.15 bits per heavy atom. The molecule has 3 heteroatoms. The molecule has 0 aromatic rings. The van der Waals surface area contributed by atoms with Crippen molar-refractivity contribution in [3.63, 3.8) is 0 Å². The predicted molar refractivity (Wildman–Crippen MR) is 85.1 cm³/mol. The minimum absolute atomic E-state index is 0.463. The molecule has 3 nitrogen and oxygen atoms in total. The van der Waals surface area contributed by atoms with E-state index in [0.717, 1.165) is 5.92 Å². The first-order valence-electron chi connectivity index (χ1n) is 8.52. The molecule has 0 radical (unpaired) electrons. The summed E-state index contributed by atoms with van der Waals surface area (Å²) in [5.74, 6) is 0.912. The number of piperidine rings is 1. The highest BCUT2D eigenvalue weighted by molar-refractivity contribution is 4.92. The van der Waals surface area contributed by atoms with E-state index in [1.807, 2.05) is 7.11 Å². The molecular weight excluding hydrogens is 248 g/mol. The van der Waals surface area contributed by atoms with Crippen LogP contribution in [0.1, 0.15) is 51.9 Å². The lowest BCUT2D eigenvalue weighted by Crippen LogP contribution is -2.53. The van der Waals surface area contributed by atoms with Crippen molar-refractivity contribution in [3.05, 3.63) is 0 Å². The first-order chi connectivity index (χ1) is 9.59. The number of rotatable bonds is 5. The van der Waals surface area contributed by atoms with Crippen LogP contribution in [-0.2, 0) is 4.74 Å². The average Bonchev–Trinajstić information content (AvgIpc) is 2.49. The van der Waals surface area contributed by atoms with Crippen LogP contribution in [0.25, 0.3) is 0 Å².